The van der Waals surface area contributed by atoms with Crippen molar-refractivity contribution in [3.05, 3.63) is 66.5 Å². The SMILES string of the molecule is C[C@H](c1ccccc1)n1cc(-c2cccc3c2NCCC(=O)N3)cn1. The summed E-state index contributed by atoms with van der Waals surface area (Å²) < 4.78 is 1.97. The van der Waals surface area contributed by atoms with Gasteiger partial charge in [-0.15, -0.1) is 0 Å². The van der Waals surface area contributed by atoms with E-state index in [1.807, 2.05) is 41.2 Å². The van der Waals surface area contributed by atoms with Crippen LogP contribution in [0.15, 0.2) is 60.9 Å². The number of nitrogens with zero attached hydrogens (tertiary/aromatic N) is 2. The molecule has 2 aromatic carbocycles. The summed E-state index contributed by atoms with van der Waals surface area (Å²) in [6, 6.07) is 16.4. The van der Waals surface area contributed by atoms with Crippen molar-refractivity contribution in [1.29, 1.82) is 0 Å². The molecule has 2 heterocycles. The molecule has 1 aromatic heterocycles. The first-order chi connectivity index (χ1) is 12.2. The molecule has 2 N–H and O–H groups in total. The Labute approximate surface area is 146 Å². The Hall–Kier alpha value is -3.08. The minimum absolute atomic E-state index is 0.0387. The summed E-state index contributed by atoms with van der Waals surface area (Å²) in [5.74, 6) is 0.0387. The first-order valence-corrected chi connectivity index (χ1v) is 8.48. The number of aromatic nitrogens is 2. The van der Waals surface area contributed by atoms with E-state index in [0.29, 0.717) is 13.0 Å². The van der Waals surface area contributed by atoms with Gasteiger partial charge in [0.15, 0.2) is 0 Å². The van der Waals surface area contributed by atoms with E-state index < -0.39 is 0 Å². The highest BCUT2D eigenvalue weighted by molar-refractivity contribution is 5.99. The number of amides is 1. The summed E-state index contributed by atoms with van der Waals surface area (Å²) in [5.41, 5.74) is 5.08. The number of hydrogen-bond donors (Lipinski definition) is 2. The van der Waals surface area contributed by atoms with Gasteiger partial charge in [0.25, 0.3) is 0 Å². The van der Waals surface area contributed by atoms with Crippen LogP contribution < -0.4 is 10.6 Å². The molecule has 0 unspecified atom stereocenters. The second kappa shape index (κ2) is 6.43. The molecule has 0 bridgehead atoms. The average molecular weight is 332 g/mol. The molecule has 0 spiro atoms. The van der Waals surface area contributed by atoms with E-state index in [9.17, 15) is 4.79 Å². The van der Waals surface area contributed by atoms with Gasteiger partial charge in [0.05, 0.1) is 23.6 Å². The van der Waals surface area contributed by atoms with Crippen molar-refractivity contribution >= 4 is 17.3 Å². The Morgan fingerprint density at radius 3 is 2.80 bits per heavy atom. The second-order valence-electron chi connectivity index (χ2n) is 6.25. The number of anilines is 2. The summed E-state index contributed by atoms with van der Waals surface area (Å²) in [5, 5.41) is 10.9. The molecule has 1 aliphatic heterocycles. The lowest BCUT2D eigenvalue weighted by Gasteiger charge is -2.13. The van der Waals surface area contributed by atoms with E-state index in [1.54, 1.807) is 0 Å². The molecular formula is C20H20N4O. The average Bonchev–Trinajstić information content (AvgIpc) is 3.04. The minimum Gasteiger partial charge on any atom is -0.382 e. The standard InChI is InChI=1S/C20H20N4O/c1-14(15-6-3-2-4-7-15)24-13-16(12-22-24)17-8-5-9-18-20(17)21-11-10-19(25)23-18/h2-9,12-14,21H,10-11H2,1H3,(H,23,25)/t14-/m1/s1. The number of carbonyl (C=O) groups excluding carboxylic acids is 1. The molecule has 0 saturated carbocycles. The number of rotatable bonds is 3. The van der Waals surface area contributed by atoms with Gasteiger partial charge in [0.2, 0.25) is 5.91 Å². The fourth-order valence-electron chi connectivity index (χ4n) is 3.17. The maximum atomic E-state index is 11.8. The van der Waals surface area contributed by atoms with Gasteiger partial charge in [-0.3, -0.25) is 9.48 Å². The van der Waals surface area contributed by atoms with Gasteiger partial charge < -0.3 is 10.6 Å². The predicted octanol–water partition coefficient (Wildman–Crippen LogP) is 3.91. The summed E-state index contributed by atoms with van der Waals surface area (Å²) in [4.78, 5) is 11.8. The first-order valence-electron chi connectivity index (χ1n) is 8.48. The zero-order valence-corrected chi connectivity index (χ0v) is 14.1. The Morgan fingerprint density at radius 1 is 1.12 bits per heavy atom. The van der Waals surface area contributed by atoms with Gasteiger partial charge in [-0.1, -0.05) is 42.5 Å². The van der Waals surface area contributed by atoms with Gasteiger partial charge in [0, 0.05) is 30.3 Å². The van der Waals surface area contributed by atoms with Crippen molar-refractivity contribution < 1.29 is 4.79 Å². The third-order valence-electron chi connectivity index (χ3n) is 4.58. The normalized spacial score (nSPS) is 14.8. The van der Waals surface area contributed by atoms with Gasteiger partial charge in [-0.25, -0.2) is 0 Å². The third kappa shape index (κ3) is 3.01. The van der Waals surface area contributed by atoms with E-state index in [0.717, 1.165) is 22.5 Å². The molecule has 5 heteroatoms. The minimum atomic E-state index is 0.0387. The largest absolute Gasteiger partial charge is 0.382 e. The highest BCUT2D eigenvalue weighted by atomic mass is 16.1. The smallest absolute Gasteiger partial charge is 0.226 e. The summed E-state index contributed by atoms with van der Waals surface area (Å²) >= 11 is 0. The molecule has 3 aromatic rings. The van der Waals surface area contributed by atoms with E-state index in [-0.39, 0.29) is 11.9 Å². The van der Waals surface area contributed by atoms with Gasteiger partial charge in [-0.2, -0.15) is 5.10 Å². The lowest BCUT2D eigenvalue weighted by atomic mass is 10.1. The monoisotopic (exact) mass is 332 g/mol. The van der Waals surface area contributed by atoms with Crippen molar-refractivity contribution in [3.8, 4) is 11.1 Å². The summed E-state index contributed by atoms with van der Waals surface area (Å²) in [6.45, 7) is 2.76. The highest BCUT2D eigenvalue weighted by Crippen LogP contribution is 2.35. The van der Waals surface area contributed by atoms with Gasteiger partial charge >= 0.3 is 0 Å². The molecular weight excluding hydrogens is 312 g/mol. The van der Waals surface area contributed by atoms with Crippen LogP contribution in [0.5, 0.6) is 0 Å². The Balaban J connectivity index is 1.69. The van der Waals surface area contributed by atoms with Crippen LogP contribution in [0.25, 0.3) is 11.1 Å². The van der Waals surface area contributed by atoms with Crippen LogP contribution in [0.1, 0.15) is 24.9 Å². The third-order valence-corrected chi connectivity index (χ3v) is 4.58. The van der Waals surface area contributed by atoms with Crippen LogP contribution in [0.3, 0.4) is 0 Å². The fraction of sp³-hybridized carbons (Fsp3) is 0.200. The molecule has 0 saturated heterocycles. The van der Waals surface area contributed by atoms with Gasteiger partial charge in [-0.05, 0) is 18.6 Å². The van der Waals surface area contributed by atoms with Crippen molar-refractivity contribution in [1.82, 2.24) is 9.78 Å². The number of hydrogen-bond acceptors (Lipinski definition) is 3. The van der Waals surface area contributed by atoms with Crippen LogP contribution in [-0.4, -0.2) is 22.2 Å². The van der Waals surface area contributed by atoms with Crippen molar-refractivity contribution in [2.24, 2.45) is 0 Å². The molecule has 1 atom stereocenters. The molecule has 25 heavy (non-hydrogen) atoms. The number of nitrogens with one attached hydrogen (secondary N) is 2. The number of benzene rings is 2. The van der Waals surface area contributed by atoms with Crippen LogP contribution in [0.4, 0.5) is 11.4 Å². The zero-order valence-electron chi connectivity index (χ0n) is 14.1. The predicted molar refractivity (Wildman–Crippen MR) is 99.7 cm³/mol. The van der Waals surface area contributed by atoms with E-state index in [4.69, 9.17) is 0 Å². The van der Waals surface area contributed by atoms with Crippen LogP contribution in [0, 0.1) is 0 Å². The van der Waals surface area contributed by atoms with Crippen molar-refractivity contribution in [2.75, 3.05) is 17.2 Å². The molecule has 0 fully saturated rings. The highest BCUT2D eigenvalue weighted by Gasteiger charge is 2.17. The maximum absolute atomic E-state index is 11.8. The Kier molecular flexibility index (Phi) is 3.98. The quantitative estimate of drug-likeness (QED) is 0.764. The van der Waals surface area contributed by atoms with Crippen LogP contribution >= 0.6 is 0 Å². The Bertz CT molecular complexity index is 901. The molecule has 126 valence electrons. The number of fused-ring (bicyclic) bond motifs is 1. The fourth-order valence-corrected chi connectivity index (χ4v) is 3.17. The van der Waals surface area contributed by atoms with Crippen LogP contribution in [-0.2, 0) is 4.79 Å². The first kappa shape index (κ1) is 15.4. The second-order valence-corrected chi connectivity index (χ2v) is 6.25. The van der Waals surface area contributed by atoms with E-state index in [1.165, 1.54) is 5.56 Å². The molecule has 0 aliphatic carbocycles. The maximum Gasteiger partial charge on any atom is 0.226 e. The van der Waals surface area contributed by atoms with E-state index >= 15 is 0 Å². The molecule has 0 radical (unpaired) electrons. The lowest BCUT2D eigenvalue weighted by Crippen LogP contribution is -2.10. The lowest BCUT2D eigenvalue weighted by molar-refractivity contribution is -0.115. The zero-order chi connectivity index (χ0) is 17.2. The number of carbonyl (C=O) groups is 1. The van der Waals surface area contributed by atoms with Gasteiger partial charge in [0.1, 0.15) is 0 Å². The van der Waals surface area contributed by atoms with Crippen LogP contribution in [0.2, 0.25) is 0 Å². The summed E-state index contributed by atoms with van der Waals surface area (Å²) in [6.07, 6.45) is 4.41. The Morgan fingerprint density at radius 2 is 1.96 bits per heavy atom. The van der Waals surface area contributed by atoms with E-state index in [2.05, 4.69) is 47.1 Å². The van der Waals surface area contributed by atoms with Crippen molar-refractivity contribution in [2.45, 2.75) is 19.4 Å². The topological polar surface area (TPSA) is 59.0 Å². The van der Waals surface area contributed by atoms with Crippen molar-refractivity contribution in [3.63, 3.8) is 0 Å². The molecule has 4 rings (SSSR count). The molecule has 1 amide bonds. The molecule has 5 nitrogen and oxygen atoms in total. The molecule has 1 aliphatic rings. The number of para-hydroxylation sites is 1. The summed E-state index contributed by atoms with van der Waals surface area (Å²) in [7, 11) is 0.